The quantitative estimate of drug-likeness (QED) is 0.665. The van der Waals surface area contributed by atoms with E-state index in [-0.39, 0.29) is 6.99 Å². The van der Waals surface area contributed by atoms with Gasteiger partial charge in [0, 0.05) is 0 Å². The molecule has 0 saturated carbocycles. The van der Waals surface area contributed by atoms with Crippen LogP contribution in [0, 0.1) is 0 Å². The average molecular weight is 258 g/mol. The third-order valence-electron chi connectivity index (χ3n) is 0.362. The van der Waals surface area contributed by atoms with Crippen molar-refractivity contribution in [2.75, 3.05) is 0 Å². The molecule has 0 spiro atoms. The van der Waals surface area contributed by atoms with Crippen molar-refractivity contribution in [1.29, 1.82) is 0 Å². The Morgan fingerprint density at radius 2 is 1.62 bits per heavy atom. The zero-order valence-electron chi connectivity index (χ0n) is 4.20. The fraction of sp³-hybridized carbons (Fsp3) is 0. The van der Waals surface area contributed by atoms with E-state index in [0.717, 1.165) is 7.96 Å². The lowest BCUT2D eigenvalue weighted by atomic mass is 28.9. The summed E-state index contributed by atoms with van der Waals surface area (Å²) in [6.07, 6.45) is 0. The van der Waals surface area contributed by atoms with Gasteiger partial charge < -0.3 is 0 Å². The lowest BCUT2D eigenvalue weighted by Gasteiger charge is -2.10. The van der Waals surface area contributed by atoms with Crippen molar-refractivity contribution in [3.05, 3.63) is 0 Å². The first-order valence-corrected chi connectivity index (χ1v) is 15.6. The molecule has 0 bridgehead atoms. The first-order valence-electron chi connectivity index (χ1n) is 1.73. The number of hydrogen-bond donors (Lipinski definition) is 0. The molecule has 0 saturated heterocycles. The number of rotatable bonds is 3. The van der Waals surface area contributed by atoms with E-state index in [9.17, 15) is 0 Å². The van der Waals surface area contributed by atoms with Gasteiger partial charge in [-0.1, -0.05) is 15.9 Å². The highest BCUT2D eigenvalue weighted by Crippen LogP contribution is 2.91. The standard InChI is InChI=1S/H10P8/c1-5-8(4)6-7(2)3/h5-6H,1-4H2. The molecule has 0 N–H and O–H groups in total. The van der Waals surface area contributed by atoms with Crippen molar-refractivity contribution in [2.24, 2.45) is 0 Å². The Balaban J connectivity index is 3.10. The smallest absolute Gasteiger partial charge is 0.0346 e. The Morgan fingerprint density at radius 1 is 1.12 bits per heavy atom. The van der Waals surface area contributed by atoms with Gasteiger partial charge in [-0.25, -0.2) is 0 Å². The summed E-state index contributed by atoms with van der Waals surface area (Å²) in [6, 6.07) is 0. The first-order chi connectivity index (χ1) is 3.66. The fourth-order valence-corrected chi connectivity index (χ4v) is 37.2. The van der Waals surface area contributed by atoms with Crippen LogP contribution in [-0.2, 0) is 0 Å². The molecule has 8 heavy (non-hydrogen) atoms. The predicted octanol–water partition coefficient (Wildman–Crippen LogP) is 4.21. The highest BCUT2D eigenvalue weighted by Gasteiger charge is 1.99. The van der Waals surface area contributed by atoms with Crippen molar-refractivity contribution < 1.29 is 0 Å². The van der Waals surface area contributed by atoms with Crippen LogP contribution in [0.5, 0.6) is 0 Å². The molecule has 0 heterocycles. The van der Waals surface area contributed by atoms with Crippen LogP contribution in [-0.4, -0.2) is 0 Å². The minimum Gasteiger partial charge on any atom is -0.109 e. The Morgan fingerprint density at radius 3 is 1.75 bits per heavy atom. The lowest BCUT2D eigenvalue weighted by molar-refractivity contribution is 4.88. The summed E-state index contributed by atoms with van der Waals surface area (Å²) < 4.78 is 0. The van der Waals surface area contributed by atoms with Gasteiger partial charge in [-0.3, -0.25) is 0 Å². The van der Waals surface area contributed by atoms with E-state index in [1.165, 1.54) is 7.96 Å². The Bertz CT molecular complexity index is 46.0. The van der Waals surface area contributed by atoms with Crippen LogP contribution < -0.4 is 0 Å². The highest BCUT2D eigenvalue weighted by molar-refractivity contribution is 8.97. The van der Waals surface area contributed by atoms with Crippen LogP contribution in [0.25, 0.3) is 0 Å². The molecule has 0 radical (unpaired) electrons. The molecule has 7 atom stereocenters. The van der Waals surface area contributed by atoms with Crippen LogP contribution in [0.3, 0.4) is 0 Å². The topological polar surface area (TPSA) is 0 Å². The highest BCUT2D eigenvalue weighted by atomic mass is 33.0. The molecule has 0 aromatic heterocycles. The zero-order valence-corrected chi connectivity index (χ0v) is 12.6. The maximum absolute atomic E-state index is 2.94. The fourth-order valence-electron chi connectivity index (χ4n) is 0.153. The predicted molar refractivity (Wildman–Crippen MR) is 69.3 cm³/mol. The SMILES string of the molecule is PPP(P)PP(P)P. The van der Waals surface area contributed by atoms with Crippen LogP contribution in [0.15, 0.2) is 0 Å². The van der Waals surface area contributed by atoms with Crippen molar-refractivity contribution in [3.8, 4) is 0 Å². The second kappa shape index (κ2) is 7.11. The summed E-state index contributed by atoms with van der Waals surface area (Å²) in [5.74, 6) is 0. The minimum absolute atomic E-state index is 0.217. The monoisotopic (exact) mass is 258 g/mol. The van der Waals surface area contributed by atoms with E-state index in [0.29, 0.717) is 6.99 Å². The zero-order chi connectivity index (χ0) is 6.57. The van der Waals surface area contributed by atoms with E-state index in [2.05, 4.69) is 35.7 Å². The summed E-state index contributed by atoms with van der Waals surface area (Å²) in [5.41, 5.74) is 0. The van der Waals surface area contributed by atoms with Gasteiger partial charge in [-0.15, -0.1) is 35.7 Å². The van der Waals surface area contributed by atoms with E-state index < -0.39 is 0 Å². The molecular weight excluding hydrogens is 248 g/mol. The Kier molecular flexibility index (Phi) is 10.2. The van der Waals surface area contributed by atoms with Crippen molar-refractivity contribution in [3.63, 3.8) is 0 Å². The van der Waals surface area contributed by atoms with Crippen molar-refractivity contribution in [2.45, 2.75) is 0 Å². The van der Waals surface area contributed by atoms with Gasteiger partial charge in [0.2, 0.25) is 0 Å². The van der Waals surface area contributed by atoms with Crippen LogP contribution in [0.1, 0.15) is 0 Å². The average Bonchev–Trinajstić information content (AvgIpc) is 1.65. The Hall–Kier alpha value is 3.44. The van der Waals surface area contributed by atoms with E-state index in [1.54, 1.807) is 0 Å². The molecule has 0 aliphatic carbocycles. The number of hydrogen-bond acceptors (Lipinski definition) is 0. The summed E-state index contributed by atoms with van der Waals surface area (Å²) in [7, 11) is 13.7. The van der Waals surface area contributed by atoms with Gasteiger partial charge in [0.1, 0.15) is 0 Å². The lowest BCUT2D eigenvalue weighted by Crippen LogP contribution is -1.18. The van der Waals surface area contributed by atoms with Crippen LogP contribution >= 0.6 is 65.6 Å². The van der Waals surface area contributed by atoms with Gasteiger partial charge in [-0.05, 0) is 14.0 Å². The van der Waals surface area contributed by atoms with Gasteiger partial charge >= 0.3 is 0 Å². The van der Waals surface area contributed by atoms with Crippen molar-refractivity contribution in [1.82, 2.24) is 0 Å². The molecule has 0 aromatic carbocycles. The second-order valence-electron chi connectivity index (χ2n) is 1.01. The summed E-state index contributed by atoms with van der Waals surface area (Å²) in [4.78, 5) is 0. The van der Waals surface area contributed by atoms with Crippen molar-refractivity contribution >= 4 is 65.6 Å². The third kappa shape index (κ3) is 7.55. The summed E-state index contributed by atoms with van der Waals surface area (Å²) in [6.45, 7) is 0.522. The molecule has 7 unspecified atom stereocenters. The molecule has 0 aromatic rings. The molecule has 0 aliphatic rings. The normalized spacial score (nSPS) is 17.6. The molecule has 0 aliphatic heterocycles. The van der Waals surface area contributed by atoms with Crippen LogP contribution in [0.4, 0.5) is 0 Å². The molecule has 0 rings (SSSR count). The third-order valence-corrected chi connectivity index (χ3v) is 29.3. The maximum atomic E-state index is 2.94. The molecule has 0 fully saturated rings. The summed E-state index contributed by atoms with van der Waals surface area (Å²) in [5, 5.41) is 0. The molecule has 0 nitrogen and oxygen atoms in total. The molecule has 50 valence electrons. The molecule has 8 heteroatoms. The van der Waals surface area contributed by atoms with E-state index >= 15 is 0 Å². The van der Waals surface area contributed by atoms with E-state index in [4.69, 9.17) is 0 Å². The van der Waals surface area contributed by atoms with Crippen LogP contribution in [0.2, 0.25) is 0 Å². The second-order valence-corrected chi connectivity index (χ2v) is 27.2. The van der Waals surface area contributed by atoms with E-state index in [1.807, 2.05) is 0 Å². The van der Waals surface area contributed by atoms with Gasteiger partial charge in [0.05, 0.1) is 0 Å². The Labute approximate surface area is 65.8 Å². The maximum Gasteiger partial charge on any atom is -0.0346 e. The van der Waals surface area contributed by atoms with Gasteiger partial charge in [0.25, 0.3) is 0 Å². The largest absolute Gasteiger partial charge is 0.109 e. The minimum atomic E-state index is 0.217. The van der Waals surface area contributed by atoms with Gasteiger partial charge in [0.15, 0.2) is 0 Å². The first kappa shape index (κ1) is 11.4. The van der Waals surface area contributed by atoms with Gasteiger partial charge in [-0.2, -0.15) is 0 Å². The molecule has 0 amide bonds. The molecular formula is H10P8. The summed E-state index contributed by atoms with van der Waals surface area (Å²) >= 11 is 0.